The Labute approximate surface area is 124 Å². The maximum Gasteiger partial charge on any atom is 2.00 e. The maximum atomic E-state index is 2.29. The van der Waals surface area contributed by atoms with E-state index in [1.807, 2.05) is 12.1 Å². The van der Waals surface area contributed by atoms with Gasteiger partial charge in [0.2, 0.25) is 0 Å². The molecule has 0 radical (unpaired) electrons. The van der Waals surface area contributed by atoms with Crippen LogP contribution in [0.5, 0.6) is 0 Å². The van der Waals surface area contributed by atoms with E-state index in [4.69, 9.17) is 0 Å². The van der Waals surface area contributed by atoms with E-state index in [0.717, 1.165) is 5.92 Å². The van der Waals surface area contributed by atoms with Gasteiger partial charge in [-0.25, -0.2) is 29.7 Å². The molecule has 0 amide bonds. The number of fused-ring (bicyclic) bond motifs is 1. The zero-order chi connectivity index (χ0) is 11.4. The second-order valence-electron chi connectivity index (χ2n) is 4.76. The van der Waals surface area contributed by atoms with Crippen molar-refractivity contribution < 1.29 is 26.2 Å². The minimum absolute atomic E-state index is 0. The van der Waals surface area contributed by atoms with E-state index in [-0.39, 0.29) is 26.2 Å². The van der Waals surface area contributed by atoms with Crippen LogP contribution in [-0.2, 0) is 26.2 Å². The summed E-state index contributed by atoms with van der Waals surface area (Å²) in [5.41, 5.74) is 2.97. The Bertz CT molecular complexity index is 370. The van der Waals surface area contributed by atoms with Gasteiger partial charge in [-0.1, -0.05) is 19.8 Å². The number of allylic oxidation sites excluding steroid dienone is 4. The summed E-state index contributed by atoms with van der Waals surface area (Å²) in [6.45, 7) is 4.35. The van der Waals surface area contributed by atoms with Gasteiger partial charge in [-0.15, -0.1) is 19.1 Å². The topological polar surface area (TPSA) is 0 Å². The van der Waals surface area contributed by atoms with Gasteiger partial charge in [0.25, 0.3) is 0 Å². The van der Waals surface area contributed by atoms with Crippen LogP contribution in [0.1, 0.15) is 31.7 Å². The molecule has 1 aromatic rings. The van der Waals surface area contributed by atoms with Crippen molar-refractivity contribution >= 4 is 0 Å². The number of rotatable bonds is 0. The quantitative estimate of drug-likeness (QED) is 0.615. The zero-order valence-electron chi connectivity index (χ0n) is 10.7. The molecule has 17 heavy (non-hydrogen) atoms. The molecule has 1 unspecified atom stereocenters. The molecule has 3 rings (SSSR count). The van der Waals surface area contributed by atoms with Gasteiger partial charge in [0.15, 0.2) is 0 Å². The summed E-state index contributed by atoms with van der Waals surface area (Å²) < 4.78 is 0. The Morgan fingerprint density at radius 2 is 1.88 bits per heavy atom. The van der Waals surface area contributed by atoms with Gasteiger partial charge in [-0.2, -0.15) is 17.7 Å². The Balaban J connectivity index is 0.000000180. The SMILES string of the molecule is C[C-]1CCC2CC=CC=C12.C[c-]1cccc1.[Zr+2]. The first-order chi connectivity index (χ1) is 7.77. The summed E-state index contributed by atoms with van der Waals surface area (Å²) in [5, 5.41) is 0. The summed E-state index contributed by atoms with van der Waals surface area (Å²) in [5.74, 6) is 2.50. The van der Waals surface area contributed by atoms with Gasteiger partial charge >= 0.3 is 26.2 Å². The second kappa shape index (κ2) is 7.11. The molecule has 0 aliphatic heterocycles. The van der Waals surface area contributed by atoms with E-state index in [1.54, 1.807) is 11.5 Å². The normalized spacial score (nSPS) is 20.9. The van der Waals surface area contributed by atoms with Crippen molar-refractivity contribution in [1.82, 2.24) is 0 Å². The first-order valence-electron chi connectivity index (χ1n) is 6.15. The molecular weight excluding hydrogens is 283 g/mol. The molecule has 0 bridgehead atoms. The molecule has 1 atom stereocenters. The van der Waals surface area contributed by atoms with Gasteiger partial charge in [0.1, 0.15) is 0 Å². The molecule has 2 aliphatic carbocycles. The second-order valence-corrected chi connectivity index (χ2v) is 4.76. The van der Waals surface area contributed by atoms with E-state index in [2.05, 4.69) is 44.2 Å². The average molecular weight is 304 g/mol. The predicted molar refractivity (Wildman–Crippen MR) is 70.3 cm³/mol. The third kappa shape index (κ3) is 4.07. The Morgan fingerprint density at radius 3 is 2.41 bits per heavy atom. The van der Waals surface area contributed by atoms with Crippen LogP contribution in [0.4, 0.5) is 0 Å². The minimum Gasteiger partial charge on any atom is -0.215 e. The van der Waals surface area contributed by atoms with Crippen LogP contribution in [0.25, 0.3) is 0 Å². The number of hydrogen-bond donors (Lipinski definition) is 0. The Kier molecular flexibility index (Phi) is 6.13. The summed E-state index contributed by atoms with van der Waals surface area (Å²) in [4.78, 5) is 0. The zero-order valence-corrected chi connectivity index (χ0v) is 13.2. The van der Waals surface area contributed by atoms with Crippen molar-refractivity contribution in [3.63, 3.8) is 0 Å². The third-order valence-electron chi connectivity index (χ3n) is 3.46. The van der Waals surface area contributed by atoms with Gasteiger partial charge < -0.3 is 0 Å². The van der Waals surface area contributed by atoms with Crippen molar-refractivity contribution in [2.45, 2.75) is 33.1 Å². The molecule has 0 saturated heterocycles. The molecular formula is C16H20Zr. The fourth-order valence-electron chi connectivity index (χ4n) is 2.45. The monoisotopic (exact) mass is 302 g/mol. The van der Waals surface area contributed by atoms with E-state index in [9.17, 15) is 0 Å². The molecule has 0 aromatic heterocycles. The predicted octanol–water partition coefficient (Wildman–Crippen LogP) is 4.59. The largest absolute Gasteiger partial charge is 2.00 e. The average Bonchev–Trinajstić information content (AvgIpc) is 2.91. The van der Waals surface area contributed by atoms with Gasteiger partial charge in [0, 0.05) is 0 Å². The van der Waals surface area contributed by atoms with Crippen LogP contribution in [0.15, 0.2) is 48.1 Å². The van der Waals surface area contributed by atoms with E-state index < -0.39 is 0 Å². The van der Waals surface area contributed by atoms with E-state index >= 15 is 0 Å². The summed E-state index contributed by atoms with van der Waals surface area (Å²) >= 11 is 0. The number of aryl methyl sites for hydroxylation is 1. The van der Waals surface area contributed by atoms with Crippen molar-refractivity contribution in [3.05, 3.63) is 59.5 Å². The van der Waals surface area contributed by atoms with Crippen LogP contribution in [0.3, 0.4) is 0 Å². The van der Waals surface area contributed by atoms with Crippen LogP contribution in [-0.4, -0.2) is 0 Å². The smallest absolute Gasteiger partial charge is 0.215 e. The Morgan fingerprint density at radius 1 is 1.18 bits per heavy atom. The maximum absolute atomic E-state index is 2.29. The van der Waals surface area contributed by atoms with Crippen molar-refractivity contribution in [1.29, 1.82) is 0 Å². The van der Waals surface area contributed by atoms with Gasteiger partial charge in [-0.3, -0.25) is 0 Å². The van der Waals surface area contributed by atoms with Crippen LogP contribution in [0, 0.1) is 18.8 Å². The third-order valence-corrected chi connectivity index (χ3v) is 3.46. The van der Waals surface area contributed by atoms with Crippen LogP contribution < -0.4 is 0 Å². The van der Waals surface area contributed by atoms with Crippen molar-refractivity contribution in [2.24, 2.45) is 5.92 Å². The molecule has 1 heteroatoms. The fraction of sp³-hybridized carbons (Fsp3) is 0.375. The first kappa shape index (κ1) is 14.6. The fourth-order valence-corrected chi connectivity index (χ4v) is 2.45. The van der Waals surface area contributed by atoms with Crippen LogP contribution >= 0.6 is 0 Å². The minimum atomic E-state index is 0. The molecule has 0 heterocycles. The molecule has 0 spiro atoms. The summed E-state index contributed by atoms with van der Waals surface area (Å²) in [6, 6.07) is 8.24. The molecule has 88 valence electrons. The molecule has 1 aromatic carbocycles. The van der Waals surface area contributed by atoms with Gasteiger partial charge in [-0.05, 0) is 12.3 Å². The van der Waals surface area contributed by atoms with E-state index in [0.29, 0.717) is 0 Å². The summed E-state index contributed by atoms with van der Waals surface area (Å²) in [6.07, 6.45) is 10.8. The molecule has 0 nitrogen and oxygen atoms in total. The van der Waals surface area contributed by atoms with Crippen molar-refractivity contribution in [2.75, 3.05) is 0 Å². The van der Waals surface area contributed by atoms with E-state index in [1.165, 1.54) is 24.8 Å². The van der Waals surface area contributed by atoms with Crippen LogP contribution in [0.2, 0.25) is 0 Å². The van der Waals surface area contributed by atoms with Gasteiger partial charge in [0.05, 0.1) is 0 Å². The molecule has 0 N–H and O–H groups in total. The first-order valence-corrected chi connectivity index (χ1v) is 6.15. The van der Waals surface area contributed by atoms with Crippen molar-refractivity contribution in [3.8, 4) is 0 Å². The molecule has 2 aliphatic rings. The molecule has 1 fully saturated rings. The number of hydrogen-bond acceptors (Lipinski definition) is 0. The summed E-state index contributed by atoms with van der Waals surface area (Å²) in [7, 11) is 0. The molecule has 1 saturated carbocycles. The Hall–Kier alpha value is -0.417. The standard InChI is InChI=1S/C10H13.C6H7.Zr/c1-8-6-7-9-4-2-3-5-10(8)9;1-6-4-2-3-5-6;/h2-3,5,9H,4,6-7H2,1H3;2-5H,1H3;/q2*-1;+2.